The number of likely N-dealkylation sites (tertiary alicyclic amines) is 1. The number of carbonyl (C=O) groups excluding carboxylic acids is 1. The zero-order valence-electron chi connectivity index (χ0n) is 13.0. The molecule has 1 aromatic carbocycles. The molecule has 7 heteroatoms. The third-order valence-electron chi connectivity index (χ3n) is 4.89. The number of hydrogen-bond donors (Lipinski definition) is 1. The fraction of sp³-hybridized carbons (Fsp3) is 0.562. The summed E-state index contributed by atoms with van der Waals surface area (Å²) in [5, 5.41) is 3.21. The van der Waals surface area contributed by atoms with E-state index in [1.165, 1.54) is 18.7 Å². The topological polar surface area (TPSA) is 32.3 Å². The molecule has 3 nitrogen and oxygen atoms in total. The van der Waals surface area contributed by atoms with Gasteiger partial charge in [-0.2, -0.15) is 13.2 Å². The van der Waals surface area contributed by atoms with Gasteiger partial charge in [-0.3, -0.25) is 4.79 Å². The zero-order valence-corrected chi connectivity index (χ0v) is 13.9. The van der Waals surface area contributed by atoms with Gasteiger partial charge in [0.05, 0.1) is 5.92 Å². The first-order valence-electron chi connectivity index (χ1n) is 7.47. The highest BCUT2D eigenvalue weighted by Crippen LogP contribution is 2.45. The maximum Gasteiger partial charge on any atom is 0.394 e. The summed E-state index contributed by atoms with van der Waals surface area (Å²) in [5.41, 5.74) is 1.31. The number of alkyl halides is 3. The zero-order chi connectivity index (χ0) is 16.1. The second kappa shape index (κ2) is 5.89. The Morgan fingerprint density at radius 2 is 2.04 bits per heavy atom. The average Bonchev–Trinajstić information content (AvgIpc) is 2.99. The number of carbonyl (C=O) groups is 1. The van der Waals surface area contributed by atoms with E-state index in [2.05, 4.69) is 5.32 Å². The third kappa shape index (κ3) is 3.01. The van der Waals surface area contributed by atoms with Gasteiger partial charge in [-0.25, -0.2) is 0 Å². The van der Waals surface area contributed by atoms with Crippen molar-refractivity contribution in [2.45, 2.75) is 38.4 Å². The van der Waals surface area contributed by atoms with E-state index in [4.69, 9.17) is 0 Å². The quantitative estimate of drug-likeness (QED) is 0.835. The van der Waals surface area contributed by atoms with Gasteiger partial charge >= 0.3 is 6.18 Å². The van der Waals surface area contributed by atoms with E-state index in [0.29, 0.717) is 5.56 Å². The van der Waals surface area contributed by atoms with E-state index in [1.807, 2.05) is 6.07 Å². The molecule has 1 amide bonds. The molecule has 1 fully saturated rings. The smallest absolute Gasteiger partial charge is 0.384 e. The van der Waals surface area contributed by atoms with Crippen molar-refractivity contribution in [3.8, 4) is 0 Å². The monoisotopic (exact) mass is 348 g/mol. The normalized spacial score (nSPS) is 22.3. The number of halogens is 4. The van der Waals surface area contributed by atoms with E-state index in [9.17, 15) is 18.0 Å². The van der Waals surface area contributed by atoms with Crippen molar-refractivity contribution in [2.24, 2.45) is 5.92 Å². The SMILES string of the molecule is CC1(C)C(C(F)(F)F)CCN1C(=O)c1ccc2c(c1)CCN2.Cl. The lowest BCUT2D eigenvalue weighted by atomic mass is 9.87. The lowest BCUT2D eigenvalue weighted by Gasteiger charge is -2.36. The summed E-state index contributed by atoms with van der Waals surface area (Å²) in [5.74, 6) is -1.79. The van der Waals surface area contributed by atoms with E-state index >= 15 is 0 Å². The van der Waals surface area contributed by atoms with Gasteiger partial charge in [0, 0.05) is 29.9 Å². The highest BCUT2D eigenvalue weighted by atomic mass is 35.5. The Bertz CT molecular complexity index is 616. The molecule has 1 aromatic rings. The molecular weight excluding hydrogens is 329 g/mol. The molecule has 0 aliphatic carbocycles. The van der Waals surface area contributed by atoms with Crippen LogP contribution in [0.4, 0.5) is 18.9 Å². The molecule has 1 unspecified atom stereocenters. The molecule has 0 saturated carbocycles. The molecular formula is C16H20ClF3N2O. The van der Waals surface area contributed by atoms with Gasteiger partial charge < -0.3 is 10.2 Å². The van der Waals surface area contributed by atoms with Gasteiger partial charge in [0.2, 0.25) is 0 Å². The van der Waals surface area contributed by atoms with Gasteiger partial charge in [-0.1, -0.05) is 0 Å². The summed E-state index contributed by atoms with van der Waals surface area (Å²) >= 11 is 0. The van der Waals surface area contributed by atoms with Crippen molar-refractivity contribution >= 4 is 24.0 Å². The fourth-order valence-corrected chi connectivity index (χ4v) is 3.61. The lowest BCUT2D eigenvalue weighted by molar-refractivity contribution is -0.189. The highest BCUT2D eigenvalue weighted by molar-refractivity contribution is 5.95. The van der Waals surface area contributed by atoms with Crippen LogP contribution in [0.3, 0.4) is 0 Å². The molecule has 23 heavy (non-hydrogen) atoms. The van der Waals surface area contributed by atoms with E-state index < -0.39 is 17.6 Å². The van der Waals surface area contributed by atoms with Gasteiger partial charge in [0.1, 0.15) is 0 Å². The molecule has 1 N–H and O–H groups in total. The summed E-state index contributed by atoms with van der Waals surface area (Å²) in [6.45, 7) is 3.99. The molecule has 2 aliphatic rings. The van der Waals surface area contributed by atoms with Crippen LogP contribution in [0, 0.1) is 5.92 Å². The fourth-order valence-electron chi connectivity index (χ4n) is 3.61. The van der Waals surface area contributed by atoms with Crippen molar-refractivity contribution in [3.05, 3.63) is 29.3 Å². The summed E-state index contributed by atoms with van der Waals surface area (Å²) < 4.78 is 39.4. The van der Waals surface area contributed by atoms with Crippen LogP contribution < -0.4 is 5.32 Å². The summed E-state index contributed by atoms with van der Waals surface area (Å²) in [6.07, 6.45) is -3.47. The third-order valence-corrected chi connectivity index (χ3v) is 4.89. The summed E-state index contributed by atoms with van der Waals surface area (Å²) in [4.78, 5) is 14.0. The Labute approximate surface area is 139 Å². The molecule has 0 radical (unpaired) electrons. The minimum absolute atomic E-state index is 0. The van der Waals surface area contributed by atoms with Gasteiger partial charge in [-0.05, 0) is 50.5 Å². The molecule has 128 valence electrons. The molecule has 1 saturated heterocycles. The van der Waals surface area contributed by atoms with Gasteiger partial charge in [0.15, 0.2) is 0 Å². The van der Waals surface area contributed by atoms with Crippen molar-refractivity contribution in [1.29, 1.82) is 0 Å². The Morgan fingerprint density at radius 3 is 2.65 bits per heavy atom. The minimum atomic E-state index is -4.28. The Morgan fingerprint density at radius 1 is 1.35 bits per heavy atom. The van der Waals surface area contributed by atoms with Crippen LogP contribution in [0.1, 0.15) is 36.2 Å². The second-order valence-electron chi connectivity index (χ2n) is 6.54. The van der Waals surface area contributed by atoms with Crippen molar-refractivity contribution in [3.63, 3.8) is 0 Å². The van der Waals surface area contributed by atoms with Crippen molar-refractivity contribution < 1.29 is 18.0 Å². The molecule has 2 heterocycles. The van der Waals surface area contributed by atoms with Gasteiger partial charge in [0.25, 0.3) is 5.91 Å². The molecule has 3 rings (SSSR count). The number of fused-ring (bicyclic) bond motifs is 1. The first-order chi connectivity index (χ1) is 10.2. The highest BCUT2D eigenvalue weighted by Gasteiger charge is 2.56. The number of nitrogens with zero attached hydrogens (tertiary/aromatic N) is 1. The minimum Gasteiger partial charge on any atom is -0.384 e. The van der Waals surface area contributed by atoms with E-state index in [1.54, 1.807) is 12.1 Å². The van der Waals surface area contributed by atoms with Crippen LogP contribution >= 0.6 is 12.4 Å². The predicted molar refractivity (Wildman–Crippen MR) is 85.2 cm³/mol. The van der Waals surface area contributed by atoms with Crippen LogP contribution in [-0.4, -0.2) is 35.6 Å². The van der Waals surface area contributed by atoms with Crippen molar-refractivity contribution in [2.75, 3.05) is 18.4 Å². The predicted octanol–water partition coefficient (Wildman–Crippen LogP) is 3.88. The molecule has 0 aromatic heterocycles. The largest absolute Gasteiger partial charge is 0.394 e. The van der Waals surface area contributed by atoms with Crippen molar-refractivity contribution in [1.82, 2.24) is 4.90 Å². The van der Waals surface area contributed by atoms with Crippen LogP contribution in [0.2, 0.25) is 0 Å². The maximum atomic E-state index is 13.1. The number of hydrogen-bond acceptors (Lipinski definition) is 2. The van der Waals surface area contributed by atoms with Crippen LogP contribution in [0.25, 0.3) is 0 Å². The maximum absolute atomic E-state index is 13.1. The Kier molecular flexibility index (Phi) is 4.59. The molecule has 1 atom stereocenters. The molecule has 0 bridgehead atoms. The summed E-state index contributed by atoms with van der Waals surface area (Å²) in [6, 6.07) is 5.32. The number of benzene rings is 1. The Balaban J connectivity index is 0.00000192. The number of nitrogens with one attached hydrogen (secondary N) is 1. The lowest BCUT2D eigenvalue weighted by Crippen LogP contribution is -2.49. The standard InChI is InChI=1S/C16H19F3N2O.ClH/c1-15(2)13(16(17,18)19)6-8-21(15)14(22)11-3-4-12-10(9-11)5-7-20-12;/h3-4,9,13,20H,5-8H2,1-2H3;1H. The number of amides is 1. The second-order valence-corrected chi connectivity index (χ2v) is 6.54. The van der Waals surface area contributed by atoms with E-state index in [-0.39, 0.29) is 31.3 Å². The first kappa shape index (κ1) is 17.9. The number of rotatable bonds is 1. The van der Waals surface area contributed by atoms with Crippen LogP contribution in [0.5, 0.6) is 0 Å². The van der Waals surface area contributed by atoms with Gasteiger partial charge in [-0.15, -0.1) is 12.4 Å². The van der Waals surface area contributed by atoms with Crippen LogP contribution in [0.15, 0.2) is 18.2 Å². The first-order valence-corrected chi connectivity index (χ1v) is 7.47. The van der Waals surface area contributed by atoms with Crippen LogP contribution in [-0.2, 0) is 6.42 Å². The average molecular weight is 349 g/mol. The number of anilines is 1. The molecule has 0 spiro atoms. The van der Waals surface area contributed by atoms with E-state index in [0.717, 1.165) is 24.2 Å². The molecule has 2 aliphatic heterocycles. The summed E-state index contributed by atoms with van der Waals surface area (Å²) in [7, 11) is 0. The Hall–Kier alpha value is -1.43.